The Hall–Kier alpha value is -0.120. The van der Waals surface area contributed by atoms with Gasteiger partial charge >= 0.3 is 0 Å². The number of aliphatic hydroxyl groups excluding tert-OH is 1. The van der Waals surface area contributed by atoms with E-state index in [2.05, 4.69) is 10.7 Å². The lowest BCUT2D eigenvalue weighted by atomic mass is 10.5. The Balaban J connectivity index is 2.34. The van der Waals surface area contributed by atoms with Crippen LogP contribution in [0, 0.1) is 0 Å². The zero-order valence-electron chi connectivity index (χ0n) is 3.55. The van der Waals surface area contributed by atoms with Crippen LogP contribution in [0.25, 0.3) is 0 Å². The van der Waals surface area contributed by atoms with Crippen molar-refractivity contribution in [2.45, 2.75) is 6.42 Å². The van der Waals surface area contributed by atoms with Gasteiger partial charge in [0.15, 0.2) is 0 Å². The van der Waals surface area contributed by atoms with Gasteiger partial charge in [0, 0.05) is 6.61 Å². The lowest BCUT2D eigenvalue weighted by molar-refractivity contribution is 0.118. The van der Waals surface area contributed by atoms with Gasteiger partial charge in [-0.25, -0.2) is 5.90 Å². The molecule has 0 saturated heterocycles. The Morgan fingerprint density at radius 2 is 2.33 bits per heavy atom. The zero-order chi connectivity index (χ0) is 4.83. The summed E-state index contributed by atoms with van der Waals surface area (Å²) in [6.07, 6.45) is 0.622. The molecule has 0 heterocycles. The van der Waals surface area contributed by atoms with Crippen LogP contribution in [0.5, 0.6) is 0 Å². The Kier molecular flexibility index (Phi) is 4.78. The van der Waals surface area contributed by atoms with Crippen molar-refractivity contribution >= 4 is 0 Å². The van der Waals surface area contributed by atoms with Crippen LogP contribution >= 0.6 is 0 Å². The summed E-state index contributed by atoms with van der Waals surface area (Å²) in [6, 6.07) is 0. The number of hydrogen-bond acceptors (Lipinski definition) is 3. The molecule has 0 amide bonds. The first-order valence-corrected chi connectivity index (χ1v) is 1.84. The largest absolute Gasteiger partial charge is 0.396 e. The Morgan fingerprint density at radius 1 is 1.67 bits per heavy atom. The minimum absolute atomic E-state index is 0.150. The van der Waals surface area contributed by atoms with E-state index >= 15 is 0 Å². The van der Waals surface area contributed by atoms with Crippen molar-refractivity contribution in [1.29, 1.82) is 0 Å². The molecule has 3 N–H and O–H groups in total. The summed E-state index contributed by atoms with van der Waals surface area (Å²) in [5.41, 5.74) is 0. The van der Waals surface area contributed by atoms with Crippen molar-refractivity contribution in [3.8, 4) is 0 Å². The molecular formula is C3H9NO2. The van der Waals surface area contributed by atoms with E-state index in [1.807, 2.05) is 0 Å². The molecule has 0 rings (SSSR count). The van der Waals surface area contributed by atoms with Gasteiger partial charge in [0.05, 0.1) is 6.61 Å². The van der Waals surface area contributed by atoms with E-state index in [4.69, 9.17) is 5.11 Å². The predicted molar refractivity (Wildman–Crippen MR) is 21.8 cm³/mol. The van der Waals surface area contributed by atoms with E-state index in [0.29, 0.717) is 13.0 Å². The summed E-state index contributed by atoms with van der Waals surface area (Å²) >= 11 is 0. The fourth-order valence-corrected chi connectivity index (χ4v) is 0.148. The highest BCUT2D eigenvalue weighted by atomic mass is 16.6. The summed E-state index contributed by atoms with van der Waals surface area (Å²) in [6.45, 7) is 0.591. The number of rotatable bonds is 3. The lowest BCUT2D eigenvalue weighted by Gasteiger charge is -1.88. The van der Waals surface area contributed by atoms with Gasteiger partial charge in [-0.1, -0.05) is 0 Å². The number of hydrogen-bond donors (Lipinski definition) is 2. The van der Waals surface area contributed by atoms with Gasteiger partial charge in [-0.3, -0.25) is 0 Å². The molecule has 0 aliphatic heterocycles. The standard InChI is InChI=1S/C3H9NO2/c4-6-3-1-2-5/h5H,1-4H2. The van der Waals surface area contributed by atoms with E-state index in [-0.39, 0.29) is 6.61 Å². The molecule has 3 nitrogen and oxygen atoms in total. The second-order valence-electron chi connectivity index (χ2n) is 0.948. The maximum Gasteiger partial charge on any atom is 0.0701 e. The molecule has 0 saturated carbocycles. The van der Waals surface area contributed by atoms with Crippen LogP contribution in [0.1, 0.15) is 6.42 Å². The molecule has 0 aromatic carbocycles. The van der Waals surface area contributed by atoms with Gasteiger partial charge in [-0.2, -0.15) is 0 Å². The first-order chi connectivity index (χ1) is 2.91. The molecule has 0 aromatic heterocycles. The third kappa shape index (κ3) is 3.88. The molecule has 0 atom stereocenters. The molecule has 0 fully saturated rings. The van der Waals surface area contributed by atoms with Gasteiger partial charge < -0.3 is 9.94 Å². The predicted octanol–water partition coefficient (Wildman–Crippen LogP) is -0.741. The van der Waals surface area contributed by atoms with Crippen LogP contribution in [-0.2, 0) is 4.84 Å². The second-order valence-corrected chi connectivity index (χ2v) is 0.948. The molecule has 3 heteroatoms. The monoisotopic (exact) mass is 91.1 g/mol. The maximum atomic E-state index is 8.06. The van der Waals surface area contributed by atoms with Crippen molar-refractivity contribution in [1.82, 2.24) is 0 Å². The Morgan fingerprint density at radius 3 is 2.50 bits per heavy atom. The summed E-state index contributed by atoms with van der Waals surface area (Å²) in [7, 11) is 0. The maximum absolute atomic E-state index is 8.06. The van der Waals surface area contributed by atoms with E-state index < -0.39 is 0 Å². The molecule has 0 aliphatic carbocycles. The molecule has 6 heavy (non-hydrogen) atoms. The van der Waals surface area contributed by atoms with Crippen molar-refractivity contribution in [3.05, 3.63) is 0 Å². The third-order valence-electron chi connectivity index (χ3n) is 0.420. The zero-order valence-corrected chi connectivity index (χ0v) is 3.55. The van der Waals surface area contributed by atoms with Gasteiger partial charge in [0.2, 0.25) is 0 Å². The highest BCUT2D eigenvalue weighted by Gasteiger charge is 1.76. The van der Waals surface area contributed by atoms with E-state index in [1.54, 1.807) is 0 Å². The average Bonchev–Trinajstić information content (AvgIpc) is 1.61. The van der Waals surface area contributed by atoms with Crippen LogP contribution in [0.2, 0.25) is 0 Å². The molecule has 0 radical (unpaired) electrons. The van der Waals surface area contributed by atoms with Crippen LogP contribution in [-0.4, -0.2) is 18.3 Å². The average molecular weight is 91.1 g/mol. The SMILES string of the molecule is NOCCCO. The summed E-state index contributed by atoms with van der Waals surface area (Å²) in [5.74, 6) is 4.60. The van der Waals surface area contributed by atoms with Gasteiger partial charge in [0.25, 0.3) is 0 Å². The highest BCUT2D eigenvalue weighted by molar-refractivity contribution is 4.24. The minimum atomic E-state index is 0.150. The Labute approximate surface area is 36.7 Å². The first-order valence-electron chi connectivity index (χ1n) is 1.84. The smallest absolute Gasteiger partial charge is 0.0701 e. The second kappa shape index (κ2) is 4.88. The van der Waals surface area contributed by atoms with Crippen molar-refractivity contribution in [2.24, 2.45) is 5.90 Å². The van der Waals surface area contributed by atoms with Crippen molar-refractivity contribution in [3.63, 3.8) is 0 Å². The summed E-state index contributed by atoms with van der Waals surface area (Å²) in [5, 5.41) is 8.06. The number of aliphatic hydroxyl groups is 1. The van der Waals surface area contributed by atoms with Crippen LogP contribution < -0.4 is 5.90 Å². The van der Waals surface area contributed by atoms with E-state index in [0.717, 1.165) is 0 Å². The normalized spacial score (nSPS) is 9.00. The molecule has 0 unspecified atom stereocenters. The molecule has 38 valence electrons. The van der Waals surface area contributed by atoms with E-state index in [9.17, 15) is 0 Å². The highest BCUT2D eigenvalue weighted by Crippen LogP contribution is 1.70. The molecular weight excluding hydrogens is 82.0 g/mol. The quantitative estimate of drug-likeness (QED) is 0.355. The first kappa shape index (κ1) is 5.88. The van der Waals surface area contributed by atoms with Crippen molar-refractivity contribution < 1.29 is 9.94 Å². The lowest BCUT2D eigenvalue weighted by Crippen LogP contribution is -2.01. The van der Waals surface area contributed by atoms with Crippen LogP contribution in [0.4, 0.5) is 0 Å². The minimum Gasteiger partial charge on any atom is -0.396 e. The van der Waals surface area contributed by atoms with Gasteiger partial charge in [-0.15, -0.1) is 0 Å². The van der Waals surface area contributed by atoms with Gasteiger partial charge in [0.1, 0.15) is 0 Å². The fraction of sp³-hybridized carbons (Fsp3) is 1.00. The van der Waals surface area contributed by atoms with Gasteiger partial charge in [-0.05, 0) is 6.42 Å². The summed E-state index contributed by atoms with van der Waals surface area (Å²) in [4.78, 5) is 4.12. The fourth-order valence-electron chi connectivity index (χ4n) is 0.148. The van der Waals surface area contributed by atoms with Crippen LogP contribution in [0.3, 0.4) is 0 Å². The molecule has 0 bridgehead atoms. The van der Waals surface area contributed by atoms with Crippen molar-refractivity contribution in [2.75, 3.05) is 13.2 Å². The Bertz CT molecular complexity index is 20.8. The molecule has 0 aliphatic rings. The van der Waals surface area contributed by atoms with E-state index in [1.165, 1.54) is 0 Å². The topological polar surface area (TPSA) is 55.5 Å². The molecule has 0 aromatic rings. The third-order valence-corrected chi connectivity index (χ3v) is 0.420. The molecule has 0 spiro atoms. The van der Waals surface area contributed by atoms with Crippen LogP contribution in [0.15, 0.2) is 0 Å². The summed E-state index contributed by atoms with van der Waals surface area (Å²) < 4.78 is 0. The number of nitrogens with two attached hydrogens (primary N) is 1.